The molecule has 0 spiro atoms. The summed E-state index contributed by atoms with van der Waals surface area (Å²) in [6, 6.07) is 4.10. The van der Waals surface area contributed by atoms with E-state index in [4.69, 9.17) is 27.5 Å². The molecule has 0 bridgehead atoms. The van der Waals surface area contributed by atoms with Crippen LogP contribution in [-0.2, 0) is 9.53 Å². The first-order valence-corrected chi connectivity index (χ1v) is 7.28. The molecule has 0 fully saturated rings. The van der Waals surface area contributed by atoms with Crippen molar-refractivity contribution in [2.75, 3.05) is 20.8 Å². The average molecular weight is 394 g/mol. The second kappa shape index (κ2) is 8.56. The first kappa shape index (κ1) is 21.3. The molecule has 0 saturated carbocycles. The minimum atomic E-state index is -5.13. The third-order valence-corrected chi connectivity index (χ3v) is 3.40. The minimum absolute atomic E-state index is 0.0129. The monoisotopic (exact) mass is 393 g/mol. The second-order valence-electron chi connectivity index (χ2n) is 4.76. The molecule has 11 heteroatoms. The van der Waals surface area contributed by atoms with E-state index in [0.717, 1.165) is 7.05 Å². The fourth-order valence-corrected chi connectivity index (χ4v) is 2.02. The van der Waals surface area contributed by atoms with Gasteiger partial charge in [0, 0.05) is 12.6 Å². The van der Waals surface area contributed by atoms with E-state index in [-0.39, 0.29) is 10.6 Å². The van der Waals surface area contributed by atoms with E-state index in [2.05, 4.69) is 10.1 Å². The largest absolute Gasteiger partial charge is 0.497 e. The maximum absolute atomic E-state index is 12.7. The number of ether oxygens (including phenoxy) is 2. The van der Waals surface area contributed by atoms with Crippen molar-refractivity contribution in [3.63, 3.8) is 0 Å². The smallest absolute Gasteiger partial charge is 0.433 e. The van der Waals surface area contributed by atoms with Crippen LogP contribution in [0.2, 0.25) is 5.02 Å². The molecule has 0 aliphatic carbocycles. The molecule has 26 heavy (non-hydrogen) atoms. The zero-order valence-electron chi connectivity index (χ0n) is 13.7. The Morgan fingerprint density at radius 1 is 1.35 bits per heavy atom. The van der Waals surface area contributed by atoms with Gasteiger partial charge in [0.05, 0.1) is 12.1 Å². The lowest BCUT2D eigenvalue weighted by atomic mass is 10.1. The van der Waals surface area contributed by atoms with Gasteiger partial charge in [0.25, 0.3) is 0 Å². The number of nitrogens with two attached hydrogens (primary N) is 1. The van der Waals surface area contributed by atoms with Crippen LogP contribution in [-0.4, -0.2) is 44.4 Å². The third-order valence-electron chi connectivity index (χ3n) is 3.09. The third kappa shape index (κ3) is 5.12. The SMILES string of the molecule is CN/C(N)=C(\C(=N)C(F)(F)F)C(=O)OCC(=O)c1ccc(OC)cc1Cl. The van der Waals surface area contributed by atoms with Crippen molar-refractivity contribution >= 4 is 29.1 Å². The van der Waals surface area contributed by atoms with Gasteiger partial charge in [-0.3, -0.25) is 10.2 Å². The summed E-state index contributed by atoms with van der Waals surface area (Å²) >= 11 is 5.90. The molecule has 1 aromatic rings. The number of halogens is 4. The minimum Gasteiger partial charge on any atom is -0.497 e. The molecule has 0 radical (unpaired) electrons. The highest BCUT2D eigenvalue weighted by molar-refractivity contribution is 6.34. The number of alkyl halides is 3. The Kier molecular flexibility index (Phi) is 7.01. The summed E-state index contributed by atoms with van der Waals surface area (Å²) in [7, 11) is 2.55. The van der Waals surface area contributed by atoms with Crippen LogP contribution < -0.4 is 15.8 Å². The number of hydrogen-bond donors (Lipinski definition) is 3. The normalized spacial score (nSPS) is 12.1. The number of esters is 1. The van der Waals surface area contributed by atoms with Gasteiger partial charge in [0.2, 0.25) is 5.78 Å². The fraction of sp³-hybridized carbons (Fsp3) is 0.267. The van der Waals surface area contributed by atoms with Gasteiger partial charge in [-0.25, -0.2) is 4.79 Å². The second-order valence-corrected chi connectivity index (χ2v) is 5.16. The summed E-state index contributed by atoms with van der Waals surface area (Å²) in [5.74, 6) is -2.66. The van der Waals surface area contributed by atoms with Crippen LogP contribution in [0.3, 0.4) is 0 Å². The first-order chi connectivity index (χ1) is 12.0. The Bertz CT molecular complexity index is 763. The Balaban J connectivity index is 2.95. The molecule has 7 nitrogen and oxygen atoms in total. The maximum Gasteiger partial charge on any atom is 0.433 e. The zero-order valence-corrected chi connectivity index (χ0v) is 14.4. The van der Waals surface area contributed by atoms with Crippen LogP contribution >= 0.6 is 11.6 Å². The molecule has 0 aliphatic heterocycles. The molecule has 0 heterocycles. The van der Waals surface area contributed by atoms with Crippen LogP contribution in [0.4, 0.5) is 13.2 Å². The molecule has 142 valence electrons. The van der Waals surface area contributed by atoms with E-state index in [1.54, 1.807) is 0 Å². The van der Waals surface area contributed by atoms with Crippen LogP contribution in [0, 0.1) is 5.41 Å². The molecule has 4 N–H and O–H groups in total. The lowest BCUT2D eigenvalue weighted by Gasteiger charge is -2.14. The standard InChI is InChI=1S/C15H15ClF3N3O4/c1-22-13(21)11(12(20)15(17,18)19)14(24)26-6-10(23)8-4-3-7(25-2)5-9(8)16/h3-5,20,22H,6,21H2,1-2H3/b13-11+,20-12?. The fourth-order valence-electron chi connectivity index (χ4n) is 1.74. The Labute approximate surface area is 151 Å². The quantitative estimate of drug-likeness (QED) is 0.283. The van der Waals surface area contributed by atoms with Crippen molar-refractivity contribution in [2.24, 2.45) is 5.73 Å². The van der Waals surface area contributed by atoms with E-state index < -0.39 is 41.6 Å². The zero-order chi connectivity index (χ0) is 20.1. The van der Waals surface area contributed by atoms with E-state index in [1.807, 2.05) is 0 Å². The Morgan fingerprint density at radius 3 is 2.42 bits per heavy atom. The number of nitrogens with one attached hydrogen (secondary N) is 2. The highest BCUT2D eigenvalue weighted by atomic mass is 35.5. The van der Waals surface area contributed by atoms with Crippen LogP contribution in [0.1, 0.15) is 10.4 Å². The van der Waals surface area contributed by atoms with Crippen LogP contribution in [0.5, 0.6) is 5.75 Å². The first-order valence-electron chi connectivity index (χ1n) is 6.90. The maximum atomic E-state index is 12.7. The predicted molar refractivity (Wildman–Crippen MR) is 87.3 cm³/mol. The molecule has 0 unspecified atom stereocenters. The molecule has 1 aromatic carbocycles. The van der Waals surface area contributed by atoms with Crippen LogP contribution in [0.25, 0.3) is 0 Å². The van der Waals surface area contributed by atoms with Gasteiger partial charge < -0.3 is 20.5 Å². The van der Waals surface area contributed by atoms with E-state index in [1.165, 1.54) is 25.3 Å². The summed E-state index contributed by atoms with van der Waals surface area (Å²) in [5, 5.41) is 9.22. The van der Waals surface area contributed by atoms with Gasteiger partial charge >= 0.3 is 12.1 Å². The number of ketones is 1. The highest BCUT2D eigenvalue weighted by Gasteiger charge is 2.41. The lowest BCUT2D eigenvalue weighted by Crippen LogP contribution is -2.34. The molecule has 1 rings (SSSR count). The summed E-state index contributed by atoms with van der Waals surface area (Å²) in [6.45, 7) is -0.892. The van der Waals surface area contributed by atoms with E-state index in [0.29, 0.717) is 5.75 Å². The molecular weight excluding hydrogens is 379 g/mol. The average Bonchev–Trinajstić information content (AvgIpc) is 2.58. The van der Waals surface area contributed by atoms with Crippen molar-refractivity contribution in [3.8, 4) is 5.75 Å². The van der Waals surface area contributed by atoms with Crippen molar-refractivity contribution in [2.45, 2.75) is 6.18 Å². The molecule has 0 atom stereocenters. The van der Waals surface area contributed by atoms with Gasteiger partial charge in [-0.15, -0.1) is 0 Å². The molecular formula is C15H15ClF3N3O4. The van der Waals surface area contributed by atoms with E-state index >= 15 is 0 Å². The Hall–Kier alpha value is -2.75. The van der Waals surface area contributed by atoms with Gasteiger partial charge in [0.15, 0.2) is 12.3 Å². The predicted octanol–water partition coefficient (Wildman–Crippen LogP) is 2.05. The number of carbonyl (C=O) groups excluding carboxylic acids is 2. The Morgan fingerprint density at radius 2 is 1.96 bits per heavy atom. The van der Waals surface area contributed by atoms with Crippen LogP contribution in [0.15, 0.2) is 29.6 Å². The highest BCUT2D eigenvalue weighted by Crippen LogP contribution is 2.24. The summed E-state index contributed by atoms with van der Waals surface area (Å²) in [6.07, 6.45) is -5.13. The summed E-state index contributed by atoms with van der Waals surface area (Å²) < 4.78 is 47.6. The summed E-state index contributed by atoms with van der Waals surface area (Å²) in [4.78, 5) is 24.0. The number of methoxy groups -OCH3 is 1. The number of rotatable bonds is 7. The lowest BCUT2D eigenvalue weighted by molar-refractivity contribution is -0.138. The topological polar surface area (TPSA) is 115 Å². The number of carbonyl (C=O) groups is 2. The van der Waals surface area contributed by atoms with Gasteiger partial charge in [0.1, 0.15) is 17.1 Å². The molecule has 0 aromatic heterocycles. The molecule has 0 amide bonds. The van der Waals surface area contributed by atoms with Gasteiger partial charge in [-0.1, -0.05) is 11.6 Å². The van der Waals surface area contributed by atoms with Crippen molar-refractivity contribution in [1.29, 1.82) is 5.41 Å². The van der Waals surface area contributed by atoms with Crippen molar-refractivity contribution in [3.05, 3.63) is 40.2 Å². The summed E-state index contributed by atoms with van der Waals surface area (Å²) in [5.41, 5.74) is 2.06. The van der Waals surface area contributed by atoms with Gasteiger partial charge in [-0.05, 0) is 18.2 Å². The van der Waals surface area contributed by atoms with Crippen molar-refractivity contribution in [1.82, 2.24) is 5.32 Å². The molecule has 0 aliphatic rings. The number of Topliss-reactive ketones (excluding diaryl/α,β-unsaturated/α-hetero) is 1. The number of benzene rings is 1. The van der Waals surface area contributed by atoms with E-state index in [9.17, 15) is 22.8 Å². The van der Waals surface area contributed by atoms with Gasteiger partial charge in [-0.2, -0.15) is 13.2 Å². The number of hydrogen-bond acceptors (Lipinski definition) is 7. The van der Waals surface area contributed by atoms with Crippen molar-refractivity contribution < 1.29 is 32.2 Å². The molecule has 0 saturated heterocycles.